The summed E-state index contributed by atoms with van der Waals surface area (Å²) in [4.78, 5) is 11.3. The number of fused-ring (bicyclic) bond motifs is 1. The minimum Gasteiger partial charge on any atom is -0.338 e. The molecule has 6 nitrogen and oxygen atoms in total. The van der Waals surface area contributed by atoms with Crippen LogP contribution in [0.3, 0.4) is 0 Å². The van der Waals surface area contributed by atoms with Gasteiger partial charge in [-0.15, -0.1) is 5.10 Å². The van der Waals surface area contributed by atoms with E-state index in [-0.39, 0.29) is 0 Å². The molecule has 1 fully saturated rings. The molecule has 1 aliphatic rings. The van der Waals surface area contributed by atoms with Crippen molar-refractivity contribution in [2.45, 2.75) is 13.8 Å². The first kappa shape index (κ1) is 10.5. The molecule has 0 spiro atoms. The number of anilines is 1. The zero-order valence-corrected chi connectivity index (χ0v) is 10.1. The number of hydrogen-bond donors (Lipinski definition) is 1. The summed E-state index contributed by atoms with van der Waals surface area (Å²) in [5.41, 5.74) is 1.86. The van der Waals surface area contributed by atoms with Crippen LogP contribution >= 0.6 is 0 Å². The second-order valence-electron chi connectivity index (χ2n) is 4.36. The molecule has 0 aliphatic carbocycles. The van der Waals surface area contributed by atoms with Crippen molar-refractivity contribution in [3.63, 3.8) is 0 Å². The van der Waals surface area contributed by atoms with Crippen LogP contribution in [-0.4, -0.2) is 45.8 Å². The Morgan fingerprint density at radius 2 is 1.94 bits per heavy atom. The van der Waals surface area contributed by atoms with E-state index in [0.717, 1.165) is 49.3 Å². The van der Waals surface area contributed by atoms with Gasteiger partial charge in [0.2, 0.25) is 5.95 Å². The topological polar surface area (TPSA) is 58.4 Å². The van der Waals surface area contributed by atoms with Crippen LogP contribution in [0, 0.1) is 13.8 Å². The first-order valence-corrected chi connectivity index (χ1v) is 5.91. The van der Waals surface area contributed by atoms with Gasteiger partial charge in [-0.1, -0.05) is 0 Å². The van der Waals surface area contributed by atoms with E-state index in [9.17, 15) is 0 Å². The molecule has 1 aliphatic heterocycles. The molecule has 0 amide bonds. The Balaban J connectivity index is 2.12. The van der Waals surface area contributed by atoms with Crippen molar-refractivity contribution in [1.82, 2.24) is 24.9 Å². The van der Waals surface area contributed by atoms with Gasteiger partial charge in [0.15, 0.2) is 5.65 Å². The maximum Gasteiger partial charge on any atom is 0.228 e. The summed E-state index contributed by atoms with van der Waals surface area (Å²) in [6.45, 7) is 7.81. The SMILES string of the molecule is Cc1cc2nc(C)nn2c(N2CCNCC2)n1. The molecule has 1 saturated heterocycles. The van der Waals surface area contributed by atoms with Crippen LogP contribution in [0.5, 0.6) is 0 Å². The number of hydrogen-bond acceptors (Lipinski definition) is 5. The third-order valence-electron chi connectivity index (χ3n) is 2.94. The summed E-state index contributed by atoms with van der Waals surface area (Å²) in [7, 11) is 0. The smallest absolute Gasteiger partial charge is 0.228 e. The molecule has 0 aromatic carbocycles. The Bertz CT molecular complexity index is 540. The first-order valence-electron chi connectivity index (χ1n) is 5.91. The Kier molecular flexibility index (Phi) is 2.44. The van der Waals surface area contributed by atoms with E-state index in [1.807, 2.05) is 24.4 Å². The largest absolute Gasteiger partial charge is 0.338 e. The molecule has 2 aromatic rings. The zero-order chi connectivity index (χ0) is 11.8. The highest BCUT2D eigenvalue weighted by Gasteiger charge is 2.16. The maximum absolute atomic E-state index is 4.60. The average Bonchev–Trinajstić information content (AvgIpc) is 2.69. The van der Waals surface area contributed by atoms with Crippen LogP contribution in [0.15, 0.2) is 6.07 Å². The number of aromatic nitrogens is 4. The van der Waals surface area contributed by atoms with E-state index in [1.54, 1.807) is 0 Å². The van der Waals surface area contributed by atoms with E-state index in [1.165, 1.54) is 0 Å². The Hall–Kier alpha value is -1.69. The molecule has 0 atom stereocenters. The molecule has 1 N–H and O–H groups in total. The van der Waals surface area contributed by atoms with Crippen LogP contribution in [0.4, 0.5) is 5.95 Å². The zero-order valence-electron chi connectivity index (χ0n) is 10.1. The van der Waals surface area contributed by atoms with E-state index in [4.69, 9.17) is 0 Å². The molecule has 6 heteroatoms. The Labute approximate surface area is 99.7 Å². The predicted octanol–water partition coefficient (Wildman–Crippen LogP) is 0.151. The second-order valence-corrected chi connectivity index (χ2v) is 4.36. The number of rotatable bonds is 1. The molecule has 90 valence electrons. The minimum atomic E-state index is 0.786. The molecular formula is C11H16N6. The highest BCUT2D eigenvalue weighted by Crippen LogP contribution is 2.15. The lowest BCUT2D eigenvalue weighted by molar-refractivity contribution is 0.573. The average molecular weight is 232 g/mol. The quantitative estimate of drug-likeness (QED) is 0.758. The van der Waals surface area contributed by atoms with Gasteiger partial charge in [-0.25, -0.2) is 9.97 Å². The summed E-state index contributed by atoms with van der Waals surface area (Å²) in [6, 6.07) is 1.96. The van der Waals surface area contributed by atoms with Crippen molar-refractivity contribution in [3.8, 4) is 0 Å². The van der Waals surface area contributed by atoms with Gasteiger partial charge in [0.1, 0.15) is 5.82 Å². The monoisotopic (exact) mass is 232 g/mol. The highest BCUT2D eigenvalue weighted by atomic mass is 15.4. The van der Waals surface area contributed by atoms with Crippen LogP contribution in [-0.2, 0) is 0 Å². The lowest BCUT2D eigenvalue weighted by Crippen LogP contribution is -2.44. The van der Waals surface area contributed by atoms with Gasteiger partial charge in [0, 0.05) is 37.9 Å². The first-order chi connectivity index (χ1) is 8.24. The molecule has 0 saturated carbocycles. The summed E-state index contributed by atoms with van der Waals surface area (Å²) in [5.74, 6) is 1.69. The fourth-order valence-corrected chi connectivity index (χ4v) is 2.17. The Morgan fingerprint density at radius 1 is 1.18 bits per heavy atom. The van der Waals surface area contributed by atoms with Crippen molar-refractivity contribution < 1.29 is 0 Å². The van der Waals surface area contributed by atoms with Gasteiger partial charge in [0.25, 0.3) is 0 Å². The van der Waals surface area contributed by atoms with Crippen molar-refractivity contribution >= 4 is 11.6 Å². The number of piperazine rings is 1. The summed E-state index contributed by atoms with van der Waals surface area (Å²) < 4.78 is 1.84. The molecule has 0 unspecified atom stereocenters. The number of nitrogens with zero attached hydrogens (tertiary/aromatic N) is 5. The summed E-state index contributed by atoms with van der Waals surface area (Å²) in [6.07, 6.45) is 0. The van der Waals surface area contributed by atoms with Gasteiger partial charge in [-0.2, -0.15) is 4.52 Å². The van der Waals surface area contributed by atoms with Crippen LogP contribution in [0.25, 0.3) is 5.65 Å². The molecular weight excluding hydrogens is 216 g/mol. The van der Waals surface area contributed by atoms with Gasteiger partial charge in [-0.3, -0.25) is 0 Å². The van der Waals surface area contributed by atoms with E-state index in [0.29, 0.717) is 0 Å². The lowest BCUT2D eigenvalue weighted by Gasteiger charge is -2.28. The Morgan fingerprint density at radius 3 is 2.71 bits per heavy atom. The third-order valence-corrected chi connectivity index (χ3v) is 2.94. The second kappa shape index (κ2) is 3.96. The minimum absolute atomic E-state index is 0.786. The highest BCUT2D eigenvalue weighted by molar-refractivity contribution is 5.47. The molecule has 3 heterocycles. The summed E-state index contributed by atoms with van der Waals surface area (Å²) >= 11 is 0. The molecule has 17 heavy (non-hydrogen) atoms. The van der Waals surface area contributed by atoms with Crippen molar-refractivity contribution in [3.05, 3.63) is 17.6 Å². The van der Waals surface area contributed by atoms with Crippen LogP contribution in [0.2, 0.25) is 0 Å². The van der Waals surface area contributed by atoms with E-state index < -0.39 is 0 Å². The van der Waals surface area contributed by atoms with Crippen LogP contribution < -0.4 is 10.2 Å². The molecule has 0 radical (unpaired) electrons. The fraction of sp³-hybridized carbons (Fsp3) is 0.545. The maximum atomic E-state index is 4.60. The third kappa shape index (κ3) is 1.84. The molecule has 3 rings (SSSR count). The van der Waals surface area contributed by atoms with Crippen molar-refractivity contribution in [2.75, 3.05) is 31.1 Å². The van der Waals surface area contributed by atoms with Gasteiger partial charge >= 0.3 is 0 Å². The van der Waals surface area contributed by atoms with E-state index in [2.05, 4.69) is 25.3 Å². The fourth-order valence-electron chi connectivity index (χ4n) is 2.17. The normalized spacial score (nSPS) is 16.7. The number of nitrogens with one attached hydrogen (secondary N) is 1. The van der Waals surface area contributed by atoms with E-state index >= 15 is 0 Å². The predicted molar refractivity (Wildman–Crippen MR) is 65.3 cm³/mol. The molecule has 0 bridgehead atoms. The summed E-state index contributed by atoms with van der Waals surface area (Å²) in [5, 5.41) is 7.75. The van der Waals surface area contributed by atoms with Crippen molar-refractivity contribution in [1.29, 1.82) is 0 Å². The van der Waals surface area contributed by atoms with Crippen LogP contribution in [0.1, 0.15) is 11.5 Å². The lowest BCUT2D eigenvalue weighted by atomic mass is 10.4. The van der Waals surface area contributed by atoms with Gasteiger partial charge in [-0.05, 0) is 13.8 Å². The number of aryl methyl sites for hydroxylation is 2. The van der Waals surface area contributed by atoms with Crippen molar-refractivity contribution in [2.24, 2.45) is 0 Å². The van der Waals surface area contributed by atoms with Gasteiger partial charge in [0.05, 0.1) is 0 Å². The standard InChI is InChI=1S/C11H16N6/c1-8-7-10-14-9(2)15-17(10)11(13-8)16-5-3-12-4-6-16/h7,12H,3-6H2,1-2H3. The molecule has 2 aromatic heterocycles. The van der Waals surface area contributed by atoms with Gasteiger partial charge < -0.3 is 10.2 Å².